The summed E-state index contributed by atoms with van der Waals surface area (Å²) in [4.78, 5) is 0. The third-order valence-corrected chi connectivity index (χ3v) is 6.09. The Bertz CT molecular complexity index is 909. The number of anilines is 1. The Morgan fingerprint density at radius 3 is 2.54 bits per heavy atom. The minimum absolute atomic E-state index is 0.179. The highest BCUT2D eigenvalue weighted by atomic mass is 79.9. The molecule has 3 rings (SSSR count). The van der Waals surface area contributed by atoms with Crippen molar-refractivity contribution in [2.75, 3.05) is 24.6 Å². The van der Waals surface area contributed by atoms with E-state index in [0.717, 1.165) is 40.3 Å². The van der Waals surface area contributed by atoms with Gasteiger partial charge in [-0.3, -0.25) is 4.72 Å². The van der Waals surface area contributed by atoms with E-state index < -0.39 is 10.0 Å². The highest BCUT2D eigenvalue weighted by Gasteiger charge is 2.21. The van der Waals surface area contributed by atoms with Gasteiger partial charge in [0.2, 0.25) is 10.0 Å². The van der Waals surface area contributed by atoms with Crippen LogP contribution in [0.3, 0.4) is 0 Å². The lowest BCUT2D eigenvalue weighted by molar-refractivity contribution is 0.409. The second kappa shape index (κ2) is 7.88. The minimum atomic E-state index is -3.27. The minimum Gasteiger partial charge on any atom is -0.494 e. The highest BCUT2D eigenvalue weighted by molar-refractivity contribution is 9.11. The van der Waals surface area contributed by atoms with Crippen LogP contribution in [0, 0.1) is 0 Å². The van der Waals surface area contributed by atoms with Crippen LogP contribution in [0.1, 0.15) is 22.7 Å². The number of halogens is 2. The molecule has 1 heterocycles. The lowest BCUT2D eigenvalue weighted by Crippen LogP contribution is -2.31. The van der Waals surface area contributed by atoms with Crippen LogP contribution >= 0.6 is 31.9 Å². The third-order valence-electron chi connectivity index (χ3n) is 4.31. The Morgan fingerprint density at radius 1 is 1.23 bits per heavy atom. The molecule has 1 atom stereocenters. The molecule has 0 bridgehead atoms. The molecule has 26 heavy (non-hydrogen) atoms. The Balaban J connectivity index is 1.86. The van der Waals surface area contributed by atoms with E-state index in [1.54, 1.807) is 7.11 Å². The summed E-state index contributed by atoms with van der Waals surface area (Å²) in [5.74, 6) is 0.780. The molecule has 2 aromatic rings. The molecule has 0 aliphatic carbocycles. The van der Waals surface area contributed by atoms with E-state index in [1.165, 1.54) is 16.7 Å². The number of nitrogens with one attached hydrogen (secondary N) is 2. The van der Waals surface area contributed by atoms with Gasteiger partial charge in [0.25, 0.3) is 0 Å². The number of rotatable bonds is 5. The molecule has 2 aromatic carbocycles. The molecule has 0 fully saturated rings. The Morgan fingerprint density at radius 2 is 1.92 bits per heavy atom. The van der Waals surface area contributed by atoms with Crippen molar-refractivity contribution in [3.63, 3.8) is 0 Å². The molecule has 5 nitrogen and oxygen atoms in total. The van der Waals surface area contributed by atoms with Gasteiger partial charge in [0.15, 0.2) is 0 Å². The molecule has 1 unspecified atom stereocenters. The maximum atomic E-state index is 11.4. The molecule has 0 amide bonds. The molecule has 1 aliphatic heterocycles. The van der Waals surface area contributed by atoms with Gasteiger partial charge >= 0.3 is 0 Å². The van der Waals surface area contributed by atoms with Gasteiger partial charge in [0.05, 0.1) is 22.3 Å². The van der Waals surface area contributed by atoms with E-state index in [1.807, 2.05) is 18.2 Å². The van der Waals surface area contributed by atoms with Crippen molar-refractivity contribution in [1.82, 2.24) is 5.32 Å². The van der Waals surface area contributed by atoms with Crippen LogP contribution in [-0.4, -0.2) is 28.3 Å². The van der Waals surface area contributed by atoms with Crippen molar-refractivity contribution in [3.05, 3.63) is 56.0 Å². The maximum absolute atomic E-state index is 11.4. The van der Waals surface area contributed by atoms with Gasteiger partial charge in [-0.25, -0.2) is 8.42 Å². The summed E-state index contributed by atoms with van der Waals surface area (Å²) < 4.78 is 32.6. The fourth-order valence-electron chi connectivity index (χ4n) is 3.27. The summed E-state index contributed by atoms with van der Waals surface area (Å²) in [6.45, 7) is 0.860. The molecule has 0 saturated heterocycles. The summed E-state index contributed by atoms with van der Waals surface area (Å²) >= 11 is 7.10. The summed E-state index contributed by atoms with van der Waals surface area (Å²) in [5.41, 5.74) is 4.17. The fraction of sp³-hybridized carbons (Fsp3) is 0.333. The van der Waals surface area contributed by atoms with Crippen LogP contribution in [0.25, 0.3) is 0 Å². The molecule has 0 spiro atoms. The van der Waals surface area contributed by atoms with Crippen molar-refractivity contribution < 1.29 is 13.2 Å². The van der Waals surface area contributed by atoms with Gasteiger partial charge in [-0.05, 0) is 92.2 Å². The van der Waals surface area contributed by atoms with E-state index >= 15 is 0 Å². The van der Waals surface area contributed by atoms with Crippen LogP contribution in [0.15, 0.2) is 39.3 Å². The highest BCUT2D eigenvalue weighted by Crippen LogP contribution is 2.36. The first kappa shape index (κ1) is 19.7. The third kappa shape index (κ3) is 4.60. The molecular formula is C18H20Br2N2O3S. The fourth-order valence-corrected chi connectivity index (χ4v) is 5.43. The van der Waals surface area contributed by atoms with Crippen molar-refractivity contribution in [2.45, 2.75) is 18.9 Å². The zero-order chi connectivity index (χ0) is 18.9. The van der Waals surface area contributed by atoms with Gasteiger partial charge in [-0.15, -0.1) is 0 Å². The smallest absolute Gasteiger partial charge is 0.229 e. The summed E-state index contributed by atoms with van der Waals surface area (Å²) in [7, 11) is -1.63. The second-order valence-electron chi connectivity index (χ2n) is 6.34. The number of hydrogen-bond donors (Lipinski definition) is 2. The first-order chi connectivity index (χ1) is 12.3. The summed E-state index contributed by atoms with van der Waals surface area (Å²) in [6.07, 6.45) is 2.87. The molecule has 0 radical (unpaired) electrons. The topological polar surface area (TPSA) is 67.4 Å². The van der Waals surface area contributed by atoms with Gasteiger partial charge < -0.3 is 10.1 Å². The second-order valence-corrected chi connectivity index (χ2v) is 9.80. The molecule has 0 aromatic heterocycles. The molecule has 8 heteroatoms. The van der Waals surface area contributed by atoms with Gasteiger partial charge in [-0.1, -0.05) is 6.07 Å². The number of benzene rings is 2. The Labute approximate surface area is 170 Å². The Kier molecular flexibility index (Phi) is 5.96. The predicted octanol–water partition coefficient (Wildman–Crippen LogP) is 4.02. The van der Waals surface area contributed by atoms with Crippen molar-refractivity contribution in [2.24, 2.45) is 0 Å². The molecular weight excluding hydrogens is 484 g/mol. The zero-order valence-electron chi connectivity index (χ0n) is 14.5. The van der Waals surface area contributed by atoms with Crippen molar-refractivity contribution in [3.8, 4) is 5.75 Å². The van der Waals surface area contributed by atoms with Crippen LogP contribution in [0.2, 0.25) is 0 Å². The standard InChI is InChI=1S/C18H20Br2N2O3S/c1-25-18-15(19)7-11(8-16(18)20)9-17-14-4-3-13(22-26(2,23)24)10-12(14)5-6-21-17/h3-4,7-8,10,17,21-22H,5-6,9H2,1-2H3. The summed E-state index contributed by atoms with van der Waals surface area (Å²) in [5, 5.41) is 3.56. The molecule has 0 saturated carbocycles. The normalized spacial score (nSPS) is 16.8. The maximum Gasteiger partial charge on any atom is 0.229 e. The van der Waals surface area contributed by atoms with E-state index in [9.17, 15) is 8.42 Å². The summed E-state index contributed by atoms with van der Waals surface area (Å²) in [6, 6.07) is 10.1. The van der Waals surface area contributed by atoms with Gasteiger partial charge in [0.1, 0.15) is 5.75 Å². The Hall–Kier alpha value is -1.09. The number of methoxy groups -OCH3 is 1. The monoisotopic (exact) mass is 502 g/mol. The average Bonchev–Trinajstić information content (AvgIpc) is 2.53. The van der Waals surface area contributed by atoms with E-state index in [4.69, 9.17) is 4.74 Å². The first-order valence-corrected chi connectivity index (χ1v) is 11.6. The van der Waals surface area contributed by atoms with E-state index in [0.29, 0.717) is 5.69 Å². The first-order valence-electron chi connectivity index (χ1n) is 8.13. The lowest BCUT2D eigenvalue weighted by atomic mass is 9.90. The lowest BCUT2D eigenvalue weighted by Gasteiger charge is -2.28. The predicted molar refractivity (Wildman–Crippen MR) is 111 cm³/mol. The number of sulfonamides is 1. The molecule has 140 valence electrons. The average molecular weight is 504 g/mol. The van der Waals surface area contributed by atoms with Crippen molar-refractivity contribution >= 4 is 47.6 Å². The van der Waals surface area contributed by atoms with Crippen molar-refractivity contribution in [1.29, 1.82) is 0 Å². The van der Waals surface area contributed by atoms with Gasteiger partial charge in [-0.2, -0.15) is 0 Å². The zero-order valence-corrected chi connectivity index (χ0v) is 18.5. The largest absolute Gasteiger partial charge is 0.494 e. The number of fused-ring (bicyclic) bond motifs is 1. The number of hydrogen-bond acceptors (Lipinski definition) is 4. The quantitative estimate of drug-likeness (QED) is 0.646. The molecule has 1 aliphatic rings. The molecule has 2 N–H and O–H groups in total. The van der Waals surface area contributed by atoms with E-state index in [2.05, 4.69) is 54.0 Å². The SMILES string of the molecule is COc1c(Br)cc(CC2NCCc3cc(NS(C)(=O)=O)ccc32)cc1Br. The van der Waals surface area contributed by atoms with E-state index in [-0.39, 0.29) is 6.04 Å². The number of ether oxygens (including phenoxy) is 1. The van der Waals surface area contributed by atoms with Gasteiger partial charge in [0, 0.05) is 11.7 Å². The van der Waals surface area contributed by atoms with Crippen LogP contribution in [0.4, 0.5) is 5.69 Å². The van der Waals surface area contributed by atoms with Crippen LogP contribution < -0.4 is 14.8 Å². The van der Waals surface area contributed by atoms with Crippen LogP contribution in [-0.2, 0) is 22.9 Å². The van der Waals surface area contributed by atoms with Crippen LogP contribution in [0.5, 0.6) is 5.75 Å².